The summed E-state index contributed by atoms with van der Waals surface area (Å²) in [5.41, 5.74) is 0.137. The van der Waals surface area contributed by atoms with E-state index in [-0.39, 0.29) is 13.1 Å². The van der Waals surface area contributed by atoms with Crippen LogP contribution in [0.3, 0.4) is 0 Å². The lowest BCUT2D eigenvalue weighted by molar-refractivity contribution is -0.384. The highest BCUT2D eigenvalue weighted by molar-refractivity contribution is 9.10. The maximum Gasteiger partial charge on any atom is 0.269 e. The molecule has 0 bridgehead atoms. The molecule has 0 saturated carbocycles. The molecule has 0 atom stereocenters. The third kappa shape index (κ3) is 12.5. The Balaban J connectivity index is 0.000000120. The zero-order valence-corrected chi connectivity index (χ0v) is 52.2. The lowest BCUT2D eigenvalue weighted by Crippen LogP contribution is -1.84. The standard InChI is InChI=1S/C18H11Br.3C18H12.C6H5NO2.2CH3Br.CH4/c19-12-9-10-17-15-7-2-1-5-13(15)14-6-3-4-8-16(14)18(17)11-12;3*1-2-8-14-13(7-1)15-9-3-4-11-17(15)18-12-6-5-10-16(14)18;8-7(9)6-4-2-1-3-5-6;2*1-2;/h1-11H;3*1-12H;1-5H;2*1H3;1H4. The highest BCUT2D eigenvalue weighted by Crippen LogP contribution is 2.39. The van der Waals surface area contributed by atoms with E-state index < -0.39 is 4.92 Å². The van der Waals surface area contributed by atoms with Crippen molar-refractivity contribution in [3.63, 3.8) is 0 Å². The van der Waals surface area contributed by atoms with Gasteiger partial charge in [-0.2, -0.15) is 0 Å². The number of halogens is 3. The van der Waals surface area contributed by atoms with Crippen LogP contribution in [-0.4, -0.2) is 16.6 Å². The molecular weight excluding hydrogens is 1260 g/mol. The number of para-hydroxylation sites is 1. The summed E-state index contributed by atoms with van der Waals surface area (Å²) in [6, 6.07) is 110. The van der Waals surface area contributed by atoms with E-state index in [0.29, 0.717) is 0 Å². The van der Waals surface area contributed by atoms with E-state index in [1.807, 2.05) is 11.7 Å². The Hall–Kier alpha value is -9.30. The molecule has 0 saturated heterocycles. The molecule has 3 nitrogen and oxygen atoms in total. The fraction of sp³-hybridized carbons (Fsp3) is 0.0370. The van der Waals surface area contributed by atoms with Crippen molar-refractivity contribution in [2.24, 2.45) is 0 Å². The van der Waals surface area contributed by atoms with Crippen molar-refractivity contribution in [1.82, 2.24) is 0 Å². The lowest BCUT2D eigenvalue weighted by atomic mass is 9.94. The first-order valence-corrected chi connectivity index (χ1v) is 32.2. The largest absolute Gasteiger partial charge is 0.269 e. The van der Waals surface area contributed by atoms with Gasteiger partial charge in [0.1, 0.15) is 0 Å². The monoisotopic (exact) mass is 1320 g/mol. The van der Waals surface area contributed by atoms with Gasteiger partial charge in [-0.15, -0.1) is 0 Å². The van der Waals surface area contributed by atoms with Crippen LogP contribution < -0.4 is 0 Å². The average Bonchev–Trinajstić information content (AvgIpc) is 1.40. The van der Waals surface area contributed by atoms with E-state index in [4.69, 9.17) is 0 Å². The summed E-state index contributed by atoms with van der Waals surface area (Å²) in [7, 11) is 0. The van der Waals surface area contributed by atoms with Crippen LogP contribution in [-0.2, 0) is 0 Å². The van der Waals surface area contributed by atoms with E-state index in [2.05, 4.69) is 333 Å². The van der Waals surface area contributed by atoms with Gasteiger partial charge in [0.15, 0.2) is 0 Å². The predicted octanol–water partition coefficient (Wildman–Crippen LogP) is 25.6. The summed E-state index contributed by atoms with van der Waals surface area (Å²) in [4.78, 5) is 9.59. The second kappa shape index (κ2) is 28.7. The Bertz CT molecular complexity index is 4190. The molecule has 87 heavy (non-hydrogen) atoms. The number of rotatable bonds is 1. The summed E-state index contributed by atoms with van der Waals surface area (Å²) in [6.07, 6.45) is 0. The van der Waals surface area contributed by atoms with Gasteiger partial charge in [0, 0.05) is 16.6 Å². The fourth-order valence-electron chi connectivity index (χ4n) is 12.0. The van der Waals surface area contributed by atoms with Gasteiger partial charge in [0.25, 0.3) is 5.69 Å². The molecule has 0 aliphatic heterocycles. The van der Waals surface area contributed by atoms with E-state index >= 15 is 0 Å². The first-order valence-electron chi connectivity index (χ1n) is 28.3. The molecule has 0 N–H and O–H groups in total. The number of alkyl halides is 2. The zero-order valence-electron chi connectivity index (χ0n) is 47.4. The Morgan fingerprint density at radius 1 is 0.218 bits per heavy atom. The molecule has 17 rings (SSSR count). The molecule has 6 heteroatoms. The van der Waals surface area contributed by atoms with Gasteiger partial charge in [-0.1, -0.05) is 346 Å². The van der Waals surface area contributed by atoms with Crippen LogP contribution in [0.15, 0.2) is 320 Å². The van der Waals surface area contributed by atoms with Crippen LogP contribution in [0.25, 0.3) is 129 Å². The number of hydrogen-bond acceptors (Lipinski definition) is 2. The Morgan fingerprint density at radius 2 is 0.356 bits per heavy atom. The molecule has 0 aliphatic carbocycles. The molecule has 0 aromatic heterocycles. The van der Waals surface area contributed by atoms with E-state index in [1.54, 1.807) is 18.2 Å². The van der Waals surface area contributed by atoms with E-state index in [9.17, 15) is 10.1 Å². The number of nitrogens with zero attached hydrogens (tertiary/aromatic N) is 1. The van der Waals surface area contributed by atoms with Crippen molar-refractivity contribution in [3.05, 3.63) is 330 Å². The van der Waals surface area contributed by atoms with Gasteiger partial charge >= 0.3 is 0 Å². The molecule has 0 amide bonds. The van der Waals surface area contributed by atoms with Crippen molar-refractivity contribution >= 4 is 183 Å². The highest BCUT2D eigenvalue weighted by atomic mass is 79.9. The summed E-state index contributed by atoms with van der Waals surface area (Å²) >= 11 is 9.46. The lowest BCUT2D eigenvalue weighted by Gasteiger charge is -2.10. The van der Waals surface area contributed by atoms with Gasteiger partial charge in [0.2, 0.25) is 0 Å². The van der Waals surface area contributed by atoms with Crippen LogP contribution in [0, 0.1) is 10.1 Å². The van der Waals surface area contributed by atoms with Crippen LogP contribution in [0.5, 0.6) is 0 Å². The third-order valence-corrected chi connectivity index (χ3v) is 16.1. The predicted molar refractivity (Wildman–Crippen MR) is 393 cm³/mol. The average molecular weight is 1320 g/mol. The van der Waals surface area contributed by atoms with Crippen LogP contribution in [0.4, 0.5) is 5.69 Å². The highest BCUT2D eigenvalue weighted by Gasteiger charge is 2.11. The Kier molecular flexibility index (Phi) is 20.1. The van der Waals surface area contributed by atoms with Gasteiger partial charge in [-0.25, -0.2) is 0 Å². The van der Waals surface area contributed by atoms with E-state index in [0.717, 1.165) is 4.47 Å². The number of nitro groups is 1. The van der Waals surface area contributed by atoms with Gasteiger partial charge < -0.3 is 0 Å². The number of fused-ring (bicyclic) bond motifs is 24. The van der Waals surface area contributed by atoms with Crippen molar-refractivity contribution in [1.29, 1.82) is 0 Å². The quantitative estimate of drug-likeness (QED) is 0.0711. The molecule has 424 valence electrons. The number of nitro benzene ring substituents is 1. The molecule has 0 radical (unpaired) electrons. The first kappa shape index (κ1) is 60.8. The van der Waals surface area contributed by atoms with Crippen molar-refractivity contribution < 1.29 is 4.92 Å². The number of hydrogen-bond donors (Lipinski definition) is 0. The Labute approximate surface area is 532 Å². The van der Waals surface area contributed by atoms with Gasteiger partial charge in [-0.3, -0.25) is 10.1 Å². The third-order valence-electron chi connectivity index (χ3n) is 15.6. The number of non-ortho nitro benzene ring substituents is 1. The minimum absolute atomic E-state index is 0. The summed E-state index contributed by atoms with van der Waals surface area (Å²) in [5.74, 6) is 3.62. The first-order chi connectivity index (χ1) is 42.5. The van der Waals surface area contributed by atoms with Crippen LogP contribution in [0.1, 0.15) is 7.43 Å². The summed E-state index contributed by atoms with van der Waals surface area (Å²) in [5, 5.41) is 42.0. The topological polar surface area (TPSA) is 43.1 Å². The zero-order chi connectivity index (χ0) is 59.4. The molecule has 0 unspecified atom stereocenters. The second-order valence-electron chi connectivity index (χ2n) is 20.3. The van der Waals surface area contributed by atoms with E-state index in [1.165, 1.54) is 141 Å². The van der Waals surface area contributed by atoms with Crippen LogP contribution in [0.2, 0.25) is 0 Å². The maximum atomic E-state index is 10.0. The summed E-state index contributed by atoms with van der Waals surface area (Å²) in [6.45, 7) is 0. The minimum Gasteiger partial charge on any atom is -0.258 e. The molecule has 0 aliphatic rings. The molecule has 0 heterocycles. The fourth-order valence-corrected chi connectivity index (χ4v) is 12.4. The normalized spacial score (nSPS) is 10.6. The van der Waals surface area contributed by atoms with Crippen molar-refractivity contribution in [3.8, 4) is 0 Å². The van der Waals surface area contributed by atoms with Gasteiger partial charge in [-0.05, 0) is 153 Å². The minimum atomic E-state index is -0.417. The molecule has 0 fully saturated rings. The van der Waals surface area contributed by atoms with Crippen molar-refractivity contribution in [2.75, 3.05) is 11.7 Å². The maximum absolute atomic E-state index is 10.0. The van der Waals surface area contributed by atoms with Gasteiger partial charge in [0.05, 0.1) is 4.92 Å². The SMILES string of the molecule is Brc1ccc2c3ccccc3c3ccccc3c2c1.C.CBr.CBr.O=[N+]([O-])c1ccccc1.c1ccc2c(c1)c1ccccc1c1ccccc21.c1ccc2c(c1)c1ccccc1c1ccccc21.c1ccc2c(c1)c1ccccc1c1ccccc21. The molecule has 0 spiro atoms. The molecule has 17 aromatic carbocycles. The number of benzene rings is 17. The summed E-state index contributed by atoms with van der Waals surface area (Å²) < 4.78 is 1.13. The smallest absolute Gasteiger partial charge is 0.258 e. The van der Waals surface area contributed by atoms with Crippen LogP contribution >= 0.6 is 47.8 Å². The molecule has 17 aromatic rings. The Morgan fingerprint density at radius 3 is 0.506 bits per heavy atom. The van der Waals surface area contributed by atoms with Crippen molar-refractivity contribution in [2.45, 2.75) is 7.43 Å². The second-order valence-corrected chi connectivity index (χ2v) is 21.2. The molecular formula is C81H62Br3NO2.